The summed E-state index contributed by atoms with van der Waals surface area (Å²) in [4.78, 5) is 35.8. The number of aryl methyl sites for hydroxylation is 1. The van der Waals surface area contributed by atoms with Gasteiger partial charge in [0.15, 0.2) is 0 Å². The Balaban J connectivity index is 1.67. The van der Waals surface area contributed by atoms with Gasteiger partial charge in [0, 0.05) is 42.4 Å². The van der Waals surface area contributed by atoms with E-state index in [0.29, 0.717) is 30.9 Å². The van der Waals surface area contributed by atoms with Crippen LogP contribution in [-0.4, -0.2) is 51.9 Å². The molecule has 3 rings (SSSR count). The van der Waals surface area contributed by atoms with Crippen LogP contribution < -0.4 is 10.6 Å². The van der Waals surface area contributed by atoms with Gasteiger partial charge in [0.05, 0.1) is 17.2 Å². The standard InChI is InChI=1S/C17H23N5O2S/c1-3-19-16(23)14-6-12(8-22(14)9-13-7-18-10-20-13)21-17(24)15-5-4-11(2)25-15/h4-5,7,10,12,14H,3,6,8-9H2,1-2H3,(H,18,20)(H,19,23)(H,21,24). The molecule has 1 aliphatic rings. The quantitative estimate of drug-likeness (QED) is 0.723. The van der Waals surface area contributed by atoms with Crippen molar-refractivity contribution in [1.29, 1.82) is 0 Å². The molecule has 134 valence electrons. The van der Waals surface area contributed by atoms with Gasteiger partial charge in [0.1, 0.15) is 0 Å². The highest BCUT2D eigenvalue weighted by atomic mass is 32.1. The number of hydrogen-bond donors (Lipinski definition) is 3. The lowest BCUT2D eigenvalue weighted by atomic mass is 10.1. The van der Waals surface area contributed by atoms with E-state index < -0.39 is 0 Å². The molecule has 0 bridgehead atoms. The number of nitrogens with zero attached hydrogens (tertiary/aromatic N) is 2. The SMILES string of the molecule is CCNC(=O)C1CC(NC(=O)c2ccc(C)s2)CN1Cc1cnc[nH]1. The van der Waals surface area contributed by atoms with Crippen molar-refractivity contribution >= 4 is 23.2 Å². The fourth-order valence-electron chi connectivity index (χ4n) is 3.15. The highest BCUT2D eigenvalue weighted by molar-refractivity contribution is 7.13. The molecule has 2 aromatic heterocycles. The first kappa shape index (κ1) is 17.6. The summed E-state index contributed by atoms with van der Waals surface area (Å²) in [5, 5.41) is 5.96. The van der Waals surface area contributed by atoms with E-state index in [-0.39, 0.29) is 23.9 Å². The number of nitrogens with one attached hydrogen (secondary N) is 3. The Labute approximate surface area is 150 Å². The monoisotopic (exact) mass is 361 g/mol. The Morgan fingerprint density at radius 3 is 2.92 bits per heavy atom. The number of carbonyl (C=O) groups excluding carboxylic acids is 2. The summed E-state index contributed by atoms with van der Waals surface area (Å²) in [6, 6.07) is 3.48. The van der Waals surface area contributed by atoms with Crippen LogP contribution in [0, 0.1) is 6.92 Å². The minimum atomic E-state index is -0.251. The lowest BCUT2D eigenvalue weighted by Crippen LogP contribution is -2.42. The third-order valence-electron chi connectivity index (χ3n) is 4.28. The minimum Gasteiger partial charge on any atom is -0.355 e. The zero-order chi connectivity index (χ0) is 17.8. The Kier molecular flexibility index (Phi) is 5.50. The van der Waals surface area contributed by atoms with E-state index in [1.807, 2.05) is 26.0 Å². The molecule has 0 spiro atoms. The van der Waals surface area contributed by atoms with E-state index in [9.17, 15) is 9.59 Å². The average molecular weight is 361 g/mol. The predicted octanol–water partition coefficient (Wildman–Crippen LogP) is 1.29. The van der Waals surface area contributed by atoms with Crippen LogP contribution in [0.3, 0.4) is 0 Å². The van der Waals surface area contributed by atoms with Gasteiger partial charge in [-0.1, -0.05) is 0 Å². The van der Waals surface area contributed by atoms with Crippen LogP contribution in [0.4, 0.5) is 0 Å². The largest absolute Gasteiger partial charge is 0.355 e. The molecule has 1 fully saturated rings. The van der Waals surface area contributed by atoms with E-state index in [1.165, 1.54) is 11.3 Å². The number of aromatic nitrogens is 2. The van der Waals surface area contributed by atoms with Crippen molar-refractivity contribution in [3.05, 3.63) is 40.1 Å². The summed E-state index contributed by atoms with van der Waals surface area (Å²) in [7, 11) is 0. The van der Waals surface area contributed by atoms with Gasteiger partial charge in [-0.3, -0.25) is 14.5 Å². The smallest absolute Gasteiger partial charge is 0.261 e. The third-order valence-corrected chi connectivity index (χ3v) is 5.28. The van der Waals surface area contributed by atoms with Crippen LogP contribution in [-0.2, 0) is 11.3 Å². The summed E-state index contributed by atoms with van der Waals surface area (Å²) in [5.74, 6) is -0.0631. The molecule has 1 aliphatic heterocycles. The first-order valence-corrected chi connectivity index (χ1v) is 9.24. The Bertz CT molecular complexity index is 727. The number of carbonyl (C=O) groups is 2. The predicted molar refractivity (Wildman–Crippen MR) is 96.4 cm³/mol. The average Bonchev–Trinajstić information content (AvgIpc) is 3.30. The zero-order valence-electron chi connectivity index (χ0n) is 14.4. The van der Waals surface area contributed by atoms with Gasteiger partial charge in [-0.05, 0) is 32.4 Å². The minimum absolute atomic E-state index is 0.00531. The van der Waals surface area contributed by atoms with Gasteiger partial charge in [-0.2, -0.15) is 0 Å². The molecule has 0 aromatic carbocycles. The zero-order valence-corrected chi connectivity index (χ0v) is 15.2. The van der Waals surface area contributed by atoms with Crippen LogP contribution in [0.25, 0.3) is 0 Å². The topological polar surface area (TPSA) is 90.1 Å². The maximum atomic E-state index is 12.4. The number of imidazole rings is 1. The molecule has 0 saturated carbocycles. The summed E-state index contributed by atoms with van der Waals surface area (Å²) in [5.41, 5.74) is 0.954. The van der Waals surface area contributed by atoms with Crippen molar-refractivity contribution in [2.24, 2.45) is 0 Å². The molecule has 2 amide bonds. The summed E-state index contributed by atoms with van der Waals surface area (Å²) in [6.45, 7) is 5.72. The van der Waals surface area contributed by atoms with Crippen LogP contribution in [0.1, 0.15) is 33.6 Å². The molecule has 2 aromatic rings. The first-order chi connectivity index (χ1) is 12.1. The van der Waals surface area contributed by atoms with Crippen molar-refractivity contribution in [2.45, 2.75) is 38.9 Å². The number of amides is 2. The lowest BCUT2D eigenvalue weighted by molar-refractivity contribution is -0.125. The van der Waals surface area contributed by atoms with E-state index in [0.717, 1.165) is 10.6 Å². The van der Waals surface area contributed by atoms with Crippen LogP contribution in [0.5, 0.6) is 0 Å². The number of rotatable bonds is 6. The van der Waals surface area contributed by atoms with Crippen LogP contribution >= 0.6 is 11.3 Å². The highest BCUT2D eigenvalue weighted by Crippen LogP contribution is 2.22. The molecule has 8 heteroatoms. The Morgan fingerprint density at radius 1 is 1.44 bits per heavy atom. The molecular formula is C17H23N5O2S. The van der Waals surface area contributed by atoms with Gasteiger partial charge >= 0.3 is 0 Å². The second-order valence-electron chi connectivity index (χ2n) is 6.23. The van der Waals surface area contributed by atoms with Gasteiger partial charge < -0.3 is 15.6 Å². The van der Waals surface area contributed by atoms with Crippen molar-refractivity contribution in [3.8, 4) is 0 Å². The van der Waals surface area contributed by atoms with Gasteiger partial charge in [0.2, 0.25) is 5.91 Å². The number of hydrogen-bond acceptors (Lipinski definition) is 5. The van der Waals surface area contributed by atoms with Gasteiger partial charge in [-0.25, -0.2) is 4.98 Å². The Hall–Kier alpha value is -2.19. The van der Waals surface area contributed by atoms with Crippen LogP contribution in [0.15, 0.2) is 24.7 Å². The maximum absolute atomic E-state index is 12.4. The van der Waals surface area contributed by atoms with Gasteiger partial charge in [0.25, 0.3) is 5.91 Å². The molecule has 0 aliphatic carbocycles. The van der Waals surface area contributed by atoms with Gasteiger partial charge in [-0.15, -0.1) is 11.3 Å². The molecule has 2 unspecified atom stereocenters. The van der Waals surface area contributed by atoms with E-state index >= 15 is 0 Å². The van der Waals surface area contributed by atoms with E-state index in [4.69, 9.17) is 0 Å². The fourth-order valence-corrected chi connectivity index (χ4v) is 3.92. The Morgan fingerprint density at radius 2 is 2.28 bits per heavy atom. The second-order valence-corrected chi connectivity index (χ2v) is 7.52. The van der Waals surface area contributed by atoms with E-state index in [1.54, 1.807) is 12.5 Å². The molecule has 25 heavy (non-hydrogen) atoms. The molecule has 1 saturated heterocycles. The molecule has 3 heterocycles. The molecule has 2 atom stereocenters. The van der Waals surface area contributed by atoms with Crippen molar-refractivity contribution in [1.82, 2.24) is 25.5 Å². The number of aromatic amines is 1. The summed E-state index contributed by atoms with van der Waals surface area (Å²) < 4.78 is 0. The number of likely N-dealkylation sites (N-methyl/N-ethyl adjacent to an activating group) is 1. The molecular weight excluding hydrogens is 338 g/mol. The molecule has 7 nitrogen and oxygen atoms in total. The summed E-state index contributed by atoms with van der Waals surface area (Å²) in [6.07, 6.45) is 4.00. The number of H-pyrrole nitrogens is 1. The summed E-state index contributed by atoms with van der Waals surface area (Å²) >= 11 is 1.48. The lowest BCUT2D eigenvalue weighted by Gasteiger charge is -2.22. The number of likely N-dealkylation sites (tertiary alicyclic amines) is 1. The number of thiophene rings is 1. The van der Waals surface area contributed by atoms with Crippen molar-refractivity contribution in [3.63, 3.8) is 0 Å². The maximum Gasteiger partial charge on any atom is 0.261 e. The highest BCUT2D eigenvalue weighted by Gasteiger charge is 2.37. The second kappa shape index (κ2) is 7.79. The van der Waals surface area contributed by atoms with E-state index in [2.05, 4.69) is 25.5 Å². The fraction of sp³-hybridized carbons (Fsp3) is 0.471. The van der Waals surface area contributed by atoms with Crippen molar-refractivity contribution < 1.29 is 9.59 Å². The van der Waals surface area contributed by atoms with Crippen molar-refractivity contribution in [2.75, 3.05) is 13.1 Å². The third kappa shape index (κ3) is 4.26. The first-order valence-electron chi connectivity index (χ1n) is 8.43. The van der Waals surface area contributed by atoms with Crippen LogP contribution in [0.2, 0.25) is 0 Å². The molecule has 0 radical (unpaired) electrons. The molecule has 3 N–H and O–H groups in total. The normalized spacial score (nSPS) is 20.6.